The van der Waals surface area contributed by atoms with Crippen molar-refractivity contribution in [1.29, 1.82) is 0 Å². The molecule has 0 heteroatoms. The molecule has 1 aliphatic rings. The van der Waals surface area contributed by atoms with E-state index in [1.54, 1.807) is 0 Å². The molecule has 1 rings (SSSR count). The van der Waals surface area contributed by atoms with E-state index in [1.165, 1.54) is 31.3 Å². The molecule has 68 valence electrons. The van der Waals surface area contributed by atoms with Gasteiger partial charge in [0.15, 0.2) is 0 Å². The molecule has 0 aliphatic heterocycles. The van der Waals surface area contributed by atoms with Crippen LogP contribution in [0.4, 0.5) is 0 Å². The fraction of sp³-hybridized carbons (Fsp3) is 0.583. The van der Waals surface area contributed by atoms with Crippen LogP contribution in [0.3, 0.4) is 0 Å². The Labute approximate surface area is 76.7 Å². The zero-order valence-electron chi connectivity index (χ0n) is 8.56. The first-order valence-electron chi connectivity index (χ1n) is 5.05. The maximum absolute atomic E-state index is 3.06. The van der Waals surface area contributed by atoms with Crippen LogP contribution in [0.1, 0.15) is 46.5 Å². The van der Waals surface area contributed by atoms with E-state index in [0.29, 0.717) is 0 Å². The zero-order chi connectivity index (χ0) is 9.23. The molecular weight excluding hydrogens is 144 g/mol. The van der Waals surface area contributed by atoms with Gasteiger partial charge in [0.2, 0.25) is 0 Å². The second kappa shape index (κ2) is 8.36. The Kier molecular flexibility index (Phi) is 7.84. The smallest absolute Gasteiger partial charge is 0.0167 e. The van der Waals surface area contributed by atoms with Crippen LogP contribution in [-0.4, -0.2) is 0 Å². The van der Waals surface area contributed by atoms with E-state index in [-0.39, 0.29) is 0 Å². The van der Waals surface area contributed by atoms with E-state index >= 15 is 0 Å². The third-order valence-electron chi connectivity index (χ3n) is 1.73. The van der Waals surface area contributed by atoms with Crippen LogP contribution in [0.15, 0.2) is 29.5 Å². The minimum Gasteiger partial charge on any atom is -0.121 e. The molecule has 12 heavy (non-hydrogen) atoms. The van der Waals surface area contributed by atoms with Crippen molar-refractivity contribution in [3.8, 4) is 0 Å². The maximum Gasteiger partial charge on any atom is -0.0167 e. The van der Waals surface area contributed by atoms with Gasteiger partial charge in [-0.1, -0.05) is 39.7 Å². The average Bonchev–Trinajstić information content (AvgIpc) is 2.61. The van der Waals surface area contributed by atoms with E-state index in [9.17, 15) is 0 Å². The Bertz CT molecular complexity index is 178. The van der Waals surface area contributed by atoms with Crippen molar-refractivity contribution in [3.63, 3.8) is 0 Å². The average molecular weight is 164 g/mol. The summed E-state index contributed by atoms with van der Waals surface area (Å²) in [6.07, 6.45) is 11.4. The van der Waals surface area contributed by atoms with Gasteiger partial charge in [0.25, 0.3) is 0 Å². The minimum absolute atomic E-state index is 1.23. The Balaban J connectivity index is 0.000000561. The van der Waals surface area contributed by atoms with Gasteiger partial charge in [0.1, 0.15) is 0 Å². The molecule has 0 saturated heterocycles. The Morgan fingerprint density at radius 3 is 2.50 bits per heavy atom. The fourth-order valence-corrected chi connectivity index (χ4v) is 1.09. The van der Waals surface area contributed by atoms with Crippen molar-refractivity contribution in [2.24, 2.45) is 0 Å². The van der Waals surface area contributed by atoms with Crippen LogP contribution >= 0.6 is 0 Å². The lowest BCUT2D eigenvalue weighted by Gasteiger charge is -1.96. The SMILES string of the molecule is CC.CCCCCC1=CC=C=C1. The minimum atomic E-state index is 1.23. The first-order chi connectivity index (χ1) is 5.93. The largest absolute Gasteiger partial charge is 0.121 e. The molecule has 0 atom stereocenters. The molecule has 0 radical (unpaired) electrons. The summed E-state index contributed by atoms with van der Waals surface area (Å²) < 4.78 is 0. The molecule has 0 spiro atoms. The summed E-state index contributed by atoms with van der Waals surface area (Å²) in [6, 6.07) is 0. The van der Waals surface area contributed by atoms with Crippen LogP contribution in [0.2, 0.25) is 0 Å². The molecule has 0 unspecified atom stereocenters. The van der Waals surface area contributed by atoms with E-state index in [1.807, 2.05) is 19.9 Å². The maximum atomic E-state index is 3.06. The number of hydrogen-bond donors (Lipinski definition) is 0. The van der Waals surface area contributed by atoms with Gasteiger partial charge in [-0.15, -0.1) is 5.73 Å². The van der Waals surface area contributed by atoms with Gasteiger partial charge >= 0.3 is 0 Å². The molecule has 0 amide bonds. The summed E-state index contributed by atoms with van der Waals surface area (Å²) >= 11 is 0. The predicted octanol–water partition coefficient (Wildman–Crippen LogP) is 4.24. The molecule has 0 N–H and O–H groups in total. The number of unbranched alkanes of at least 4 members (excludes halogenated alkanes) is 2. The molecular formula is C12H20. The Morgan fingerprint density at radius 1 is 1.25 bits per heavy atom. The molecule has 0 nitrogen and oxygen atoms in total. The van der Waals surface area contributed by atoms with Gasteiger partial charge in [0, 0.05) is 0 Å². The predicted molar refractivity (Wildman–Crippen MR) is 56.2 cm³/mol. The van der Waals surface area contributed by atoms with E-state index in [4.69, 9.17) is 0 Å². The lowest BCUT2D eigenvalue weighted by molar-refractivity contribution is 0.720. The second-order valence-electron chi connectivity index (χ2n) is 2.68. The fourth-order valence-electron chi connectivity index (χ4n) is 1.09. The number of rotatable bonds is 4. The quantitative estimate of drug-likeness (QED) is 0.430. The lowest BCUT2D eigenvalue weighted by atomic mass is 10.1. The highest BCUT2D eigenvalue weighted by atomic mass is 14.0. The molecule has 0 aromatic carbocycles. The Hall–Kier alpha value is -0.740. The van der Waals surface area contributed by atoms with Crippen LogP contribution in [0, 0.1) is 0 Å². The summed E-state index contributed by atoms with van der Waals surface area (Å²) in [5, 5.41) is 0. The first-order valence-corrected chi connectivity index (χ1v) is 5.05. The van der Waals surface area contributed by atoms with Crippen molar-refractivity contribution < 1.29 is 0 Å². The topological polar surface area (TPSA) is 0 Å². The highest BCUT2D eigenvalue weighted by Gasteiger charge is 1.93. The standard InChI is InChI=1S/C10H14.C2H6/c1-2-3-4-7-10-8-5-6-9-10;1-2/h5,8-9H,2-4,7H2,1H3;1-2H3. The van der Waals surface area contributed by atoms with E-state index < -0.39 is 0 Å². The molecule has 0 aromatic heterocycles. The summed E-state index contributed by atoms with van der Waals surface area (Å²) in [6.45, 7) is 6.23. The van der Waals surface area contributed by atoms with Crippen molar-refractivity contribution in [2.75, 3.05) is 0 Å². The lowest BCUT2D eigenvalue weighted by Crippen LogP contribution is -1.77. The zero-order valence-corrected chi connectivity index (χ0v) is 8.56. The van der Waals surface area contributed by atoms with E-state index in [0.717, 1.165) is 0 Å². The van der Waals surface area contributed by atoms with Crippen molar-refractivity contribution in [1.82, 2.24) is 0 Å². The van der Waals surface area contributed by atoms with Gasteiger partial charge in [-0.05, 0) is 30.6 Å². The van der Waals surface area contributed by atoms with E-state index in [2.05, 4.69) is 24.8 Å². The summed E-state index contributed by atoms with van der Waals surface area (Å²) in [5.41, 5.74) is 4.50. The van der Waals surface area contributed by atoms with Crippen molar-refractivity contribution >= 4 is 0 Å². The van der Waals surface area contributed by atoms with Gasteiger partial charge in [-0.25, -0.2) is 0 Å². The van der Waals surface area contributed by atoms with Crippen LogP contribution in [-0.2, 0) is 0 Å². The molecule has 0 fully saturated rings. The van der Waals surface area contributed by atoms with Crippen molar-refractivity contribution in [3.05, 3.63) is 29.5 Å². The third-order valence-corrected chi connectivity index (χ3v) is 1.73. The van der Waals surface area contributed by atoms with Crippen LogP contribution in [0.25, 0.3) is 0 Å². The highest BCUT2D eigenvalue weighted by Crippen LogP contribution is 2.12. The molecule has 0 saturated carbocycles. The van der Waals surface area contributed by atoms with Gasteiger partial charge < -0.3 is 0 Å². The van der Waals surface area contributed by atoms with Gasteiger partial charge in [-0.3, -0.25) is 0 Å². The van der Waals surface area contributed by atoms with Crippen LogP contribution < -0.4 is 0 Å². The summed E-state index contributed by atoms with van der Waals surface area (Å²) in [4.78, 5) is 0. The summed E-state index contributed by atoms with van der Waals surface area (Å²) in [7, 11) is 0. The third kappa shape index (κ3) is 4.98. The highest BCUT2D eigenvalue weighted by molar-refractivity contribution is 5.29. The molecule has 0 bridgehead atoms. The van der Waals surface area contributed by atoms with Crippen LogP contribution in [0.5, 0.6) is 0 Å². The van der Waals surface area contributed by atoms with Gasteiger partial charge in [-0.2, -0.15) is 0 Å². The molecule has 0 aromatic rings. The summed E-state index contributed by atoms with van der Waals surface area (Å²) in [5.74, 6) is 0. The molecule has 0 heterocycles. The monoisotopic (exact) mass is 164 g/mol. The number of allylic oxidation sites excluding steroid dienone is 3. The molecule has 1 aliphatic carbocycles. The Morgan fingerprint density at radius 2 is 2.00 bits per heavy atom. The second-order valence-corrected chi connectivity index (χ2v) is 2.68. The number of hydrogen-bond acceptors (Lipinski definition) is 0. The van der Waals surface area contributed by atoms with Crippen molar-refractivity contribution in [2.45, 2.75) is 46.5 Å². The first kappa shape index (κ1) is 11.3. The van der Waals surface area contributed by atoms with Gasteiger partial charge in [0.05, 0.1) is 0 Å². The normalized spacial score (nSPS) is 12.4.